The third-order valence-electron chi connectivity index (χ3n) is 2.98. The molecule has 0 bridgehead atoms. The van der Waals surface area contributed by atoms with Crippen LogP contribution in [-0.2, 0) is 0 Å². The summed E-state index contributed by atoms with van der Waals surface area (Å²) in [5.41, 5.74) is 5.81. The molecule has 1 saturated carbocycles. The number of hydrogen-bond acceptors (Lipinski definition) is 5. The van der Waals surface area contributed by atoms with Gasteiger partial charge in [0, 0.05) is 6.04 Å². The molecule has 2 rings (SSSR count). The molecule has 1 aliphatic carbocycles. The van der Waals surface area contributed by atoms with Crippen molar-refractivity contribution in [1.82, 2.24) is 9.97 Å². The van der Waals surface area contributed by atoms with E-state index in [1.165, 1.54) is 19.3 Å². The Bertz CT molecular complexity index is 418. The number of carbonyl (C=O) groups is 1. The number of halogens is 1. The van der Waals surface area contributed by atoms with Gasteiger partial charge in [-0.25, -0.2) is 4.98 Å². The van der Waals surface area contributed by atoms with E-state index in [0.29, 0.717) is 18.1 Å². The van der Waals surface area contributed by atoms with Gasteiger partial charge in [-0.05, 0) is 12.8 Å². The Morgan fingerprint density at radius 3 is 2.65 bits per heavy atom. The summed E-state index contributed by atoms with van der Waals surface area (Å²) in [5, 5.41) is 3.34. The van der Waals surface area contributed by atoms with Gasteiger partial charge in [-0.3, -0.25) is 4.79 Å². The fourth-order valence-corrected chi connectivity index (χ4v) is 2.33. The molecule has 0 amide bonds. The molecule has 1 aromatic rings. The van der Waals surface area contributed by atoms with Gasteiger partial charge in [-0.15, -0.1) is 0 Å². The summed E-state index contributed by atoms with van der Waals surface area (Å²) in [6, 6.07) is 0.341. The van der Waals surface area contributed by atoms with Crippen LogP contribution in [0.3, 0.4) is 0 Å². The first-order valence-corrected chi connectivity index (χ1v) is 6.13. The molecule has 6 heteroatoms. The van der Waals surface area contributed by atoms with Gasteiger partial charge in [-0.1, -0.05) is 30.9 Å². The van der Waals surface area contributed by atoms with Gasteiger partial charge in [0.2, 0.25) is 5.95 Å². The van der Waals surface area contributed by atoms with Crippen LogP contribution in [0, 0.1) is 0 Å². The monoisotopic (exact) mass is 254 g/mol. The zero-order valence-electron chi connectivity index (χ0n) is 9.45. The summed E-state index contributed by atoms with van der Waals surface area (Å²) >= 11 is 5.85. The molecule has 92 valence electrons. The molecule has 0 aliphatic heterocycles. The fourth-order valence-electron chi connectivity index (χ4n) is 2.11. The van der Waals surface area contributed by atoms with Gasteiger partial charge < -0.3 is 11.1 Å². The van der Waals surface area contributed by atoms with E-state index in [0.717, 1.165) is 12.8 Å². The SMILES string of the molecule is Nc1nc(Cl)c(C=O)c(NC2CCCCC2)n1. The van der Waals surface area contributed by atoms with Gasteiger partial charge in [-0.2, -0.15) is 4.98 Å². The summed E-state index contributed by atoms with van der Waals surface area (Å²) in [5.74, 6) is 0.531. The van der Waals surface area contributed by atoms with Crippen molar-refractivity contribution in [2.75, 3.05) is 11.1 Å². The molecule has 1 fully saturated rings. The number of nitrogens with two attached hydrogens (primary N) is 1. The summed E-state index contributed by atoms with van der Waals surface area (Å²) in [7, 11) is 0. The highest BCUT2D eigenvalue weighted by Gasteiger charge is 2.17. The second kappa shape index (κ2) is 5.31. The number of hydrogen-bond donors (Lipinski definition) is 2. The van der Waals surface area contributed by atoms with Gasteiger partial charge in [0.05, 0.1) is 5.56 Å². The van der Waals surface area contributed by atoms with Crippen LogP contribution in [0.2, 0.25) is 5.15 Å². The second-order valence-electron chi connectivity index (χ2n) is 4.23. The zero-order valence-corrected chi connectivity index (χ0v) is 10.2. The molecule has 0 radical (unpaired) electrons. The standard InChI is InChI=1S/C11H15ClN4O/c12-9-8(6-17)10(16-11(13)15-9)14-7-4-2-1-3-5-7/h6-7H,1-5H2,(H3,13,14,15,16). The van der Waals surface area contributed by atoms with Gasteiger partial charge in [0.25, 0.3) is 0 Å². The lowest BCUT2D eigenvalue weighted by Gasteiger charge is -2.23. The molecule has 0 atom stereocenters. The van der Waals surface area contributed by atoms with Crippen molar-refractivity contribution in [1.29, 1.82) is 0 Å². The second-order valence-corrected chi connectivity index (χ2v) is 4.59. The Morgan fingerprint density at radius 2 is 2.00 bits per heavy atom. The number of nitrogens with zero attached hydrogens (tertiary/aromatic N) is 2. The number of rotatable bonds is 3. The van der Waals surface area contributed by atoms with E-state index in [4.69, 9.17) is 17.3 Å². The van der Waals surface area contributed by atoms with Crippen LogP contribution in [-0.4, -0.2) is 22.3 Å². The molecule has 1 aliphatic rings. The van der Waals surface area contributed by atoms with E-state index in [1.807, 2.05) is 0 Å². The molecule has 1 heterocycles. The maximum Gasteiger partial charge on any atom is 0.223 e. The largest absolute Gasteiger partial charge is 0.368 e. The van der Waals surface area contributed by atoms with E-state index >= 15 is 0 Å². The molecule has 0 spiro atoms. The third-order valence-corrected chi connectivity index (χ3v) is 3.27. The first-order valence-electron chi connectivity index (χ1n) is 5.75. The summed E-state index contributed by atoms with van der Waals surface area (Å²) in [6.07, 6.45) is 6.49. The summed E-state index contributed by atoms with van der Waals surface area (Å²) < 4.78 is 0. The predicted molar refractivity (Wildman–Crippen MR) is 67.3 cm³/mol. The van der Waals surface area contributed by atoms with Crippen LogP contribution in [0.1, 0.15) is 42.5 Å². The smallest absolute Gasteiger partial charge is 0.223 e. The highest BCUT2D eigenvalue weighted by Crippen LogP contribution is 2.25. The van der Waals surface area contributed by atoms with Crippen LogP contribution >= 0.6 is 11.6 Å². The third kappa shape index (κ3) is 2.85. The van der Waals surface area contributed by atoms with Crippen molar-refractivity contribution in [3.8, 4) is 0 Å². The van der Waals surface area contributed by atoms with Crippen molar-refractivity contribution >= 4 is 29.7 Å². The fraction of sp³-hybridized carbons (Fsp3) is 0.545. The van der Waals surface area contributed by atoms with Gasteiger partial charge in [0.15, 0.2) is 6.29 Å². The first-order chi connectivity index (χ1) is 8.20. The first kappa shape index (κ1) is 12.1. The van der Waals surface area contributed by atoms with E-state index in [2.05, 4.69) is 15.3 Å². The van der Waals surface area contributed by atoms with Crippen LogP contribution in [0.15, 0.2) is 0 Å². The molecule has 0 aromatic carbocycles. The van der Waals surface area contributed by atoms with Crippen LogP contribution in [0.4, 0.5) is 11.8 Å². The van der Waals surface area contributed by atoms with E-state index < -0.39 is 0 Å². The molecular weight excluding hydrogens is 240 g/mol. The Balaban J connectivity index is 2.21. The maximum absolute atomic E-state index is 11.0. The number of anilines is 2. The molecular formula is C11H15ClN4O. The molecule has 0 unspecified atom stereocenters. The average Bonchev–Trinajstić information content (AvgIpc) is 2.30. The lowest BCUT2D eigenvalue weighted by molar-refractivity contribution is 0.112. The van der Waals surface area contributed by atoms with E-state index in [9.17, 15) is 4.79 Å². The molecule has 0 saturated heterocycles. The number of nitrogens with one attached hydrogen (secondary N) is 1. The zero-order chi connectivity index (χ0) is 12.3. The Morgan fingerprint density at radius 1 is 1.29 bits per heavy atom. The molecule has 5 nitrogen and oxygen atoms in total. The van der Waals surface area contributed by atoms with E-state index in [1.54, 1.807) is 0 Å². The van der Waals surface area contributed by atoms with Crippen LogP contribution < -0.4 is 11.1 Å². The Hall–Kier alpha value is -1.36. The minimum absolute atomic E-state index is 0.0823. The molecule has 1 aromatic heterocycles. The Labute approximate surface area is 105 Å². The quantitative estimate of drug-likeness (QED) is 0.639. The van der Waals surface area contributed by atoms with Crippen molar-refractivity contribution in [2.24, 2.45) is 0 Å². The average molecular weight is 255 g/mol. The minimum Gasteiger partial charge on any atom is -0.368 e. The topological polar surface area (TPSA) is 80.9 Å². The number of aromatic nitrogens is 2. The van der Waals surface area contributed by atoms with Crippen molar-refractivity contribution in [3.63, 3.8) is 0 Å². The maximum atomic E-state index is 11.0. The van der Waals surface area contributed by atoms with Crippen LogP contribution in [0.5, 0.6) is 0 Å². The van der Waals surface area contributed by atoms with Crippen molar-refractivity contribution in [3.05, 3.63) is 10.7 Å². The van der Waals surface area contributed by atoms with Gasteiger partial charge >= 0.3 is 0 Å². The highest BCUT2D eigenvalue weighted by atomic mass is 35.5. The van der Waals surface area contributed by atoms with Crippen LogP contribution in [0.25, 0.3) is 0 Å². The number of carbonyl (C=O) groups excluding carboxylic acids is 1. The lowest BCUT2D eigenvalue weighted by Crippen LogP contribution is -2.24. The molecule has 17 heavy (non-hydrogen) atoms. The Kier molecular flexibility index (Phi) is 3.78. The number of nitrogen functional groups attached to an aromatic ring is 1. The van der Waals surface area contributed by atoms with Gasteiger partial charge in [0.1, 0.15) is 11.0 Å². The van der Waals surface area contributed by atoms with Crippen molar-refractivity contribution in [2.45, 2.75) is 38.1 Å². The minimum atomic E-state index is 0.0823. The van der Waals surface area contributed by atoms with Crippen molar-refractivity contribution < 1.29 is 4.79 Å². The normalized spacial score (nSPS) is 16.8. The lowest BCUT2D eigenvalue weighted by atomic mass is 9.95. The van der Waals surface area contributed by atoms with E-state index in [-0.39, 0.29) is 16.7 Å². The predicted octanol–water partition coefficient (Wildman–Crippen LogP) is 2.27. The number of aldehydes is 1. The summed E-state index contributed by atoms with van der Waals surface area (Å²) in [4.78, 5) is 18.8. The highest BCUT2D eigenvalue weighted by molar-refractivity contribution is 6.32. The molecule has 3 N–H and O–H groups in total. The summed E-state index contributed by atoms with van der Waals surface area (Å²) in [6.45, 7) is 0.